The summed E-state index contributed by atoms with van der Waals surface area (Å²) < 4.78 is 2.08. The lowest BCUT2D eigenvalue weighted by molar-refractivity contribution is 0.509. The molecule has 98 valence electrons. The second-order valence-electron chi connectivity index (χ2n) is 4.67. The third-order valence-electron chi connectivity index (χ3n) is 2.94. The molecule has 1 unspecified atom stereocenters. The van der Waals surface area contributed by atoms with Gasteiger partial charge in [-0.3, -0.25) is 4.57 Å². The summed E-state index contributed by atoms with van der Waals surface area (Å²) in [4.78, 5) is 1.32. The predicted molar refractivity (Wildman–Crippen MR) is 76.5 cm³/mol. The Morgan fingerprint density at radius 2 is 2.17 bits per heavy atom. The number of rotatable bonds is 5. The molecule has 0 spiro atoms. The first-order chi connectivity index (χ1) is 8.65. The summed E-state index contributed by atoms with van der Waals surface area (Å²) in [5.74, 6) is 1.29. The van der Waals surface area contributed by atoms with Crippen LogP contribution in [0.25, 0.3) is 0 Å². The highest BCUT2D eigenvalue weighted by molar-refractivity contribution is 7.10. The van der Waals surface area contributed by atoms with Crippen molar-refractivity contribution in [3.63, 3.8) is 0 Å². The summed E-state index contributed by atoms with van der Waals surface area (Å²) in [6.07, 6.45) is 2.16. The van der Waals surface area contributed by atoms with E-state index in [2.05, 4.69) is 53.0 Å². The third kappa shape index (κ3) is 2.59. The zero-order chi connectivity index (χ0) is 13.1. The highest BCUT2D eigenvalue weighted by atomic mass is 35.5. The highest BCUT2D eigenvalue weighted by Crippen LogP contribution is 2.32. The Morgan fingerprint density at radius 3 is 2.72 bits per heavy atom. The maximum absolute atomic E-state index is 6.23. The van der Waals surface area contributed by atoms with Crippen LogP contribution in [-0.2, 0) is 0 Å². The molecule has 5 heteroatoms. The predicted octanol–water partition coefficient (Wildman–Crippen LogP) is 4.51. The minimum absolute atomic E-state index is 0.259. The lowest BCUT2D eigenvalue weighted by atomic mass is 10.1. The molecule has 0 aliphatic carbocycles. The maximum atomic E-state index is 6.23. The van der Waals surface area contributed by atoms with E-state index in [9.17, 15) is 0 Å². The number of hydrogen-bond acceptors (Lipinski definition) is 3. The molecule has 1 atom stereocenters. The van der Waals surface area contributed by atoms with Gasteiger partial charge in [-0.05, 0) is 29.5 Å². The standard InChI is InChI=1S/C13H18ClN3S/c1-4-6-10(11-7-5-8-18-11)17-12(9(2)3)15-16-13(17)14/h5,7-10H,4,6H2,1-3H3. The quantitative estimate of drug-likeness (QED) is 0.808. The molecule has 18 heavy (non-hydrogen) atoms. The number of aromatic nitrogens is 3. The number of nitrogens with zero attached hydrogens (tertiary/aromatic N) is 3. The number of thiophene rings is 1. The van der Waals surface area contributed by atoms with Gasteiger partial charge in [0.05, 0.1) is 6.04 Å². The van der Waals surface area contributed by atoms with E-state index in [1.807, 2.05) is 0 Å². The summed E-state index contributed by atoms with van der Waals surface area (Å²) in [5, 5.41) is 10.8. The molecule has 0 saturated heterocycles. The van der Waals surface area contributed by atoms with E-state index >= 15 is 0 Å². The Morgan fingerprint density at radius 1 is 1.39 bits per heavy atom. The van der Waals surface area contributed by atoms with Gasteiger partial charge in [0.25, 0.3) is 0 Å². The molecule has 2 heterocycles. The van der Waals surface area contributed by atoms with Crippen LogP contribution in [0.15, 0.2) is 17.5 Å². The highest BCUT2D eigenvalue weighted by Gasteiger charge is 2.22. The van der Waals surface area contributed by atoms with Crippen LogP contribution in [0.4, 0.5) is 0 Å². The molecule has 2 aromatic rings. The Kier molecular flexibility index (Phi) is 4.40. The van der Waals surface area contributed by atoms with Crippen LogP contribution >= 0.6 is 22.9 Å². The minimum atomic E-state index is 0.259. The van der Waals surface area contributed by atoms with Crippen molar-refractivity contribution in [1.82, 2.24) is 14.8 Å². The molecule has 0 radical (unpaired) electrons. The first-order valence-electron chi connectivity index (χ1n) is 6.28. The molecule has 0 N–H and O–H groups in total. The second-order valence-corrected chi connectivity index (χ2v) is 5.99. The van der Waals surface area contributed by atoms with Gasteiger partial charge in [0.2, 0.25) is 5.28 Å². The van der Waals surface area contributed by atoms with Gasteiger partial charge in [-0.1, -0.05) is 33.3 Å². The van der Waals surface area contributed by atoms with Gasteiger partial charge < -0.3 is 0 Å². The van der Waals surface area contributed by atoms with Crippen molar-refractivity contribution in [2.45, 2.75) is 45.6 Å². The average molecular weight is 284 g/mol. The number of halogens is 1. The number of hydrogen-bond donors (Lipinski definition) is 0. The van der Waals surface area contributed by atoms with Gasteiger partial charge in [-0.15, -0.1) is 21.5 Å². The maximum Gasteiger partial charge on any atom is 0.225 e. The van der Waals surface area contributed by atoms with Crippen molar-refractivity contribution >= 4 is 22.9 Å². The summed E-state index contributed by atoms with van der Waals surface area (Å²) in [7, 11) is 0. The van der Waals surface area contributed by atoms with Gasteiger partial charge in [0.1, 0.15) is 5.82 Å². The summed E-state index contributed by atoms with van der Waals surface area (Å²) >= 11 is 7.99. The molecule has 0 aromatic carbocycles. The van der Waals surface area contributed by atoms with Crippen LogP contribution in [0, 0.1) is 0 Å². The molecular formula is C13H18ClN3S. The summed E-state index contributed by atoms with van der Waals surface area (Å²) in [5.41, 5.74) is 0. The average Bonchev–Trinajstić information content (AvgIpc) is 2.95. The summed E-state index contributed by atoms with van der Waals surface area (Å²) in [6.45, 7) is 6.43. The van der Waals surface area contributed by atoms with Crippen molar-refractivity contribution in [1.29, 1.82) is 0 Å². The molecule has 0 aliphatic heterocycles. The molecule has 0 bridgehead atoms. The zero-order valence-corrected chi connectivity index (χ0v) is 12.5. The van der Waals surface area contributed by atoms with Gasteiger partial charge in [0.15, 0.2) is 0 Å². The lowest BCUT2D eigenvalue weighted by Gasteiger charge is -2.20. The smallest absolute Gasteiger partial charge is 0.225 e. The van der Waals surface area contributed by atoms with Crippen LogP contribution in [0.2, 0.25) is 5.28 Å². The Balaban J connectivity index is 2.45. The van der Waals surface area contributed by atoms with E-state index < -0.39 is 0 Å². The van der Waals surface area contributed by atoms with Gasteiger partial charge in [-0.2, -0.15) is 0 Å². The van der Waals surface area contributed by atoms with Crippen molar-refractivity contribution in [3.8, 4) is 0 Å². The second kappa shape index (κ2) is 5.85. The first-order valence-corrected chi connectivity index (χ1v) is 7.54. The molecule has 0 saturated carbocycles. The van der Waals surface area contributed by atoms with Crippen LogP contribution in [-0.4, -0.2) is 14.8 Å². The molecule has 0 amide bonds. The SMILES string of the molecule is CCCC(c1cccs1)n1c(Cl)nnc1C(C)C. The van der Waals surface area contributed by atoms with Crippen molar-refractivity contribution in [3.05, 3.63) is 33.5 Å². The lowest BCUT2D eigenvalue weighted by Crippen LogP contribution is -2.14. The van der Waals surface area contributed by atoms with Crippen LogP contribution in [0.5, 0.6) is 0 Å². The molecule has 2 rings (SSSR count). The Hall–Kier alpha value is -0.870. The van der Waals surface area contributed by atoms with Crippen molar-refractivity contribution in [2.24, 2.45) is 0 Å². The first kappa shape index (κ1) is 13.6. The molecule has 0 aliphatic rings. The Bertz CT molecular complexity index is 490. The van der Waals surface area contributed by atoms with Crippen molar-refractivity contribution in [2.75, 3.05) is 0 Å². The van der Waals surface area contributed by atoms with Gasteiger partial charge >= 0.3 is 0 Å². The van der Waals surface area contributed by atoms with E-state index in [4.69, 9.17) is 11.6 Å². The molecule has 3 nitrogen and oxygen atoms in total. The minimum Gasteiger partial charge on any atom is -0.293 e. The third-order valence-corrected chi connectivity index (χ3v) is 4.17. The monoisotopic (exact) mass is 283 g/mol. The fourth-order valence-electron chi connectivity index (χ4n) is 2.12. The normalized spacial score (nSPS) is 13.2. The van der Waals surface area contributed by atoms with Crippen LogP contribution < -0.4 is 0 Å². The van der Waals surface area contributed by atoms with E-state index in [0.29, 0.717) is 11.2 Å². The van der Waals surface area contributed by atoms with E-state index in [1.54, 1.807) is 11.3 Å². The fraction of sp³-hybridized carbons (Fsp3) is 0.538. The molecular weight excluding hydrogens is 266 g/mol. The van der Waals surface area contributed by atoms with Crippen LogP contribution in [0.3, 0.4) is 0 Å². The van der Waals surface area contributed by atoms with Crippen molar-refractivity contribution < 1.29 is 0 Å². The topological polar surface area (TPSA) is 30.7 Å². The fourth-order valence-corrected chi connectivity index (χ4v) is 3.21. The summed E-state index contributed by atoms with van der Waals surface area (Å²) in [6, 6.07) is 4.50. The van der Waals surface area contributed by atoms with Crippen LogP contribution in [0.1, 0.15) is 56.3 Å². The Labute approximate surface area is 117 Å². The largest absolute Gasteiger partial charge is 0.293 e. The van der Waals surface area contributed by atoms with E-state index in [1.165, 1.54) is 4.88 Å². The van der Waals surface area contributed by atoms with Gasteiger partial charge in [-0.25, -0.2) is 0 Å². The van der Waals surface area contributed by atoms with E-state index in [0.717, 1.165) is 18.7 Å². The molecule has 0 fully saturated rings. The zero-order valence-electron chi connectivity index (χ0n) is 10.9. The molecule has 2 aromatic heterocycles. The van der Waals surface area contributed by atoms with Gasteiger partial charge in [0, 0.05) is 10.8 Å². The van der Waals surface area contributed by atoms with E-state index in [-0.39, 0.29) is 6.04 Å².